The molecule has 0 unspecified atom stereocenters. The van der Waals surface area contributed by atoms with Crippen molar-refractivity contribution in [2.45, 2.75) is 17.7 Å². The zero-order chi connectivity index (χ0) is 29.3. The maximum absolute atomic E-state index is 13.5. The smallest absolute Gasteiger partial charge is 0.381 e. The van der Waals surface area contributed by atoms with Gasteiger partial charge in [-0.05, 0) is 36.2 Å². The lowest BCUT2D eigenvalue weighted by molar-refractivity contribution is -0.617. The zero-order valence-electron chi connectivity index (χ0n) is 21.4. The van der Waals surface area contributed by atoms with Crippen LogP contribution in [-0.2, 0) is 33.3 Å². The van der Waals surface area contributed by atoms with Crippen LogP contribution in [0.1, 0.15) is 22.3 Å². The average molecular weight is 582 g/mol. The van der Waals surface area contributed by atoms with E-state index < -0.39 is 33.8 Å². The minimum absolute atomic E-state index is 0.0460. The Morgan fingerprint density at radius 3 is 2.24 bits per heavy atom. The second-order valence-corrected chi connectivity index (χ2v) is 10.5. The van der Waals surface area contributed by atoms with Crippen LogP contribution in [0.25, 0.3) is 21.8 Å². The Hall–Kier alpha value is -5.17. The van der Waals surface area contributed by atoms with Gasteiger partial charge in [0.25, 0.3) is 0 Å². The summed E-state index contributed by atoms with van der Waals surface area (Å²) in [5.41, 5.74) is 1.27. The number of para-hydroxylation sites is 1. The number of hydrogen-bond donors (Lipinski definition) is 2. The first-order chi connectivity index (χ1) is 19.6. The van der Waals surface area contributed by atoms with E-state index in [4.69, 9.17) is 9.02 Å². The number of carbonyl (C=O) groups is 2. The molecule has 0 atom stereocenters. The third-order valence-electron chi connectivity index (χ3n) is 6.43. The predicted octanol–water partition coefficient (Wildman–Crippen LogP) is 3.43. The van der Waals surface area contributed by atoms with E-state index in [1.54, 1.807) is 54.1 Å². The third-order valence-corrected chi connectivity index (χ3v) is 7.72. The number of hydrogen-bond acceptors (Lipinski definition) is 9. The molecule has 2 aromatic heterocycles. The Balaban J connectivity index is 1.41. The summed E-state index contributed by atoms with van der Waals surface area (Å²) in [6, 6.07) is 19.1. The van der Waals surface area contributed by atoms with Gasteiger partial charge in [-0.2, -0.15) is 13.0 Å². The fourth-order valence-corrected chi connectivity index (χ4v) is 5.68. The lowest BCUT2D eigenvalue weighted by Crippen LogP contribution is -2.32. The number of aromatic nitrogens is 2. The third kappa shape index (κ3) is 5.22. The Labute approximate surface area is 232 Å². The molecule has 5 rings (SSSR count). The van der Waals surface area contributed by atoms with Gasteiger partial charge in [0, 0.05) is 28.8 Å². The topological polar surface area (TPSA) is 145 Å². The van der Waals surface area contributed by atoms with Crippen molar-refractivity contribution < 1.29 is 51.3 Å². The van der Waals surface area contributed by atoms with Gasteiger partial charge in [0.05, 0.1) is 22.8 Å². The van der Waals surface area contributed by atoms with Crippen molar-refractivity contribution in [1.82, 2.24) is 4.73 Å². The van der Waals surface area contributed by atoms with Gasteiger partial charge in [-0.25, -0.2) is 14.5 Å². The van der Waals surface area contributed by atoms with Gasteiger partial charge in [-0.1, -0.05) is 30.3 Å². The molecule has 0 aliphatic heterocycles. The summed E-state index contributed by atoms with van der Waals surface area (Å²) >= 11 is 0. The molecule has 210 valence electrons. The Morgan fingerprint density at radius 1 is 0.902 bits per heavy atom. The second kappa shape index (κ2) is 10.8. The number of pyridine rings is 1. The van der Waals surface area contributed by atoms with Gasteiger partial charge >= 0.3 is 22.1 Å². The highest BCUT2D eigenvalue weighted by Crippen LogP contribution is 2.32. The molecule has 41 heavy (non-hydrogen) atoms. The van der Waals surface area contributed by atoms with Crippen molar-refractivity contribution in [2.75, 3.05) is 0 Å². The van der Waals surface area contributed by atoms with Gasteiger partial charge in [0.2, 0.25) is 22.8 Å². The van der Waals surface area contributed by atoms with E-state index in [2.05, 4.69) is 4.94 Å². The van der Waals surface area contributed by atoms with Crippen LogP contribution >= 0.6 is 0 Å². The number of halogens is 1. The first-order valence-corrected chi connectivity index (χ1v) is 13.5. The molecule has 0 saturated heterocycles. The summed E-state index contributed by atoms with van der Waals surface area (Å²) in [7, 11) is -2.85. The van der Waals surface area contributed by atoms with Crippen LogP contribution in [0.3, 0.4) is 0 Å². The monoisotopic (exact) mass is 581 g/mol. The number of carbonyl (C=O) groups excluding carboxylic acids is 2. The first-order valence-electron chi connectivity index (χ1n) is 12.1. The molecular formula is C28H22FN2O9S+. The van der Waals surface area contributed by atoms with Crippen molar-refractivity contribution in [3.05, 3.63) is 90.0 Å². The molecule has 0 spiro atoms. The van der Waals surface area contributed by atoms with Gasteiger partial charge in [-0.3, -0.25) is 0 Å². The quantitative estimate of drug-likeness (QED) is 0.160. The average Bonchev–Trinajstić information content (AvgIpc) is 3.28. The van der Waals surface area contributed by atoms with Crippen molar-refractivity contribution in [2.24, 2.45) is 7.05 Å². The number of rotatable bonds is 8. The highest BCUT2D eigenvalue weighted by atomic mass is 32.2. The van der Waals surface area contributed by atoms with E-state index in [-0.39, 0.29) is 39.8 Å². The highest BCUT2D eigenvalue weighted by Gasteiger charge is 2.31. The Morgan fingerprint density at radius 2 is 1.56 bits per heavy atom. The fourth-order valence-electron chi connectivity index (χ4n) is 4.52. The first kappa shape index (κ1) is 27.4. The molecule has 0 fully saturated rings. The van der Waals surface area contributed by atoms with Crippen LogP contribution in [0.5, 0.6) is 17.5 Å². The summed E-state index contributed by atoms with van der Waals surface area (Å²) in [5.74, 6) is -3.01. The Bertz CT molecular complexity index is 1900. The van der Waals surface area contributed by atoms with E-state index in [9.17, 15) is 32.7 Å². The number of nitrogens with zero attached hydrogens (tertiary/aromatic N) is 2. The molecule has 13 heteroatoms. The summed E-state index contributed by atoms with van der Waals surface area (Å²) in [6.45, 7) is 0. The lowest BCUT2D eigenvalue weighted by atomic mass is 10.0. The van der Waals surface area contributed by atoms with Crippen LogP contribution < -0.4 is 13.6 Å². The number of fused-ring (bicyclic) bond motifs is 2. The highest BCUT2D eigenvalue weighted by molar-refractivity contribution is 7.87. The predicted molar refractivity (Wildman–Crippen MR) is 141 cm³/mol. The van der Waals surface area contributed by atoms with Crippen LogP contribution in [0.2, 0.25) is 0 Å². The van der Waals surface area contributed by atoms with E-state index >= 15 is 0 Å². The molecule has 0 radical (unpaired) electrons. The van der Waals surface area contributed by atoms with Crippen molar-refractivity contribution in [3.63, 3.8) is 0 Å². The molecule has 2 heterocycles. The van der Waals surface area contributed by atoms with Gasteiger partial charge in [0.1, 0.15) is 17.7 Å². The van der Waals surface area contributed by atoms with Crippen LogP contribution in [0, 0.1) is 0 Å². The summed E-state index contributed by atoms with van der Waals surface area (Å²) in [6.07, 6.45) is 0.0975. The largest absolute Gasteiger partial charge is 0.492 e. The number of aryl methyl sites for hydroxylation is 2. The molecule has 0 bridgehead atoms. The number of benzene rings is 3. The molecule has 0 aliphatic rings. The van der Waals surface area contributed by atoms with Crippen LogP contribution in [-0.4, -0.2) is 35.3 Å². The molecule has 0 aliphatic carbocycles. The Kier molecular flexibility index (Phi) is 7.20. The summed E-state index contributed by atoms with van der Waals surface area (Å²) < 4.78 is 47.7. The summed E-state index contributed by atoms with van der Waals surface area (Å²) in [5, 5.41) is 19.4. The van der Waals surface area contributed by atoms with E-state index in [0.717, 1.165) is 12.1 Å². The minimum atomic E-state index is -4.53. The van der Waals surface area contributed by atoms with E-state index in [0.29, 0.717) is 21.3 Å². The molecule has 0 amide bonds. The van der Waals surface area contributed by atoms with Crippen molar-refractivity contribution in [3.8, 4) is 17.5 Å². The van der Waals surface area contributed by atoms with E-state index in [1.807, 2.05) is 0 Å². The normalized spacial score (nSPS) is 11.5. The standard InChI is InChI=1S/C28H21FN2O9S/c1-30-20-6-3-2-5-19(20)26(28(35)38-29)27-21(30)7-4-8-22(27)41(36,37)40-18-12-9-17(10-13-18)11-16-25(34)39-31-23(32)14-15-24(31)33/h2-10,12-15,35H,11,16H2,1H3/p+1. The minimum Gasteiger partial charge on any atom is -0.492 e. The molecule has 3 aromatic carbocycles. The van der Waals surface area contributed by atoms with Crippen LogP contribution in [0.15, 0.2) is 83.8 Å². The second-order valence-electron chi connectivity index (χ2n) is 8.95. The lowest BCUT2D eigenvalue weighted by Gasteiger charge is -2.13. The van der Waals surface area contributed by atoms with Gasteiger partial charge in [0.15, 0.2) is 0 Å². The van der Waals surface area contributed by atoms with Gasteiger partial charge < -0.3 is 19.2 Å². The van der Waals surface area contributed by atoms with Gasteiger partial charge in [-0.15, -0.1) is 4.73 Å². The molecule has 0 saturated carbocycles. The maximum Gasteiger partial charge on any atom is 0.381 e. The molecule has 5 aromatic rings. The maximum atomic E-state index is 13.5. The SMILES string of the molecule is C[n+]1c2ccccc2c(C(=O)OF)c2c(S(=O)(=O)Oc3ccc(CCC(=O)On4c(O)ccc4O)cc3)cccc21. The molecular weight excluding hydrogens is 559 g/mol. The van der Waals surface area contributed by atoms with Crippen molar-refractivity contribution >= 4 is 43.9 Å². The van der Waals surface area contributed by atoms with Crippen LogP contribution in [0.4, 0.5) is 4.53 Å². The fraction of sp³-hybridized carbons (Fsp3) is 0.107. The number of aromatic hydroxyl groups is 2. The van der Waals surface area contributed by atoms with Crippen molar-refractivity contribution in [1.29, 1.82) is 0 Å². The molecule has 11 nitrogen and oxygen atoms in total. The summed E-state index contributed by atoms with van der Waals surface area (Å²) in [4.78, 5) is 32.7. The zero-order valence-corrected chi connectivity index (χ0v) is 22.2. The molecule has 2 N–H and O–H groups in total. The van der Waals surface area contributed by atoms with E-state index in [1.165, 1.54) is 24.3 Å².